The number of hydrogen-bond donors (Lipinski definition) is 0. The monoisotopic (exact) mass is 238 g/mol. The van der Waals surface area contributed by atoms with Crippen LogP contribution in [0, 0.1) is 11.8 Å². The van der Waals surface area contributed by atoms with E-state index in [0.29, 0.717) is 12.5 Å². The molecule has 0 saturated carbocycles. The van der Waals surface area contributed by atoms with Crippen LogP contribution >= 0.6 is 0 Å². The average Bonchev–Trinajstić information content (AvgIpc) is 2.87. The van der Waals surface area contributed by atoms with Gasteiger partial charge in [0.15, 0.2) is 0 Å². The van der Waals surface area contributed by atoms with E-state index in [2.05, 4.69) is 20.4 Å². The summed E-state index contributed by atoms with van der Waals surface area (Å²) in [5, 5.41) is 0. The molecule has 5 unspecified atom stereocenters. The van der Waals surface area contributed by atoms with Gasteiger partial charge in [0.05, 0.1) is 30.5 Å². The van der Waals surface area contributed by atoms with Crippen molar-refractivity contribution in [1.29, 1.82) is 0 Å². The molecule has 4 heteroatoms. The first-order chi connectivity index (χ1) is 8.03. The van der Waals surface area contributed by atoms with E-state index in [1.807, 2.05) is 0 Å². The molecule has 0 aliphatic carbocycles. The van der Waals surface area contributed by atoms with E-state index in [0.717, 1.165) is 6.42 Å². The molecule has 3 fully saturated rings. The number of rotatable bonds is 3. The molecule has 3 heterocycles. The van der Waals surface area contributed by atoms with Gasteiger partial charge in [-0.15, -0.1) is 0 Å². The van der Waals surface area contributed by atoms with E-state index < -0.39 is 0 Å². The van der Waals surface area contributed by atoms with Gasteiger partial charge < -0.3 is 14.2 Å². The molecule has 0 spiro atoms. The van der Waals surface area contributed by atoms with Gasteiger partial charge in [-0.2, -0.15) is 0 Å². The number of esters is 1. The summed E-state index contributed by atoms with van der Waals surface area (Å²) in [4.78, 5) is 11.1. The van der Waals surface area contributed by atoms with Crippen LogP contribution in [0.4, 0.5) is 0 Å². The van der Waals surface area contributed by atoms with E-state index in [1.54, 1.807) is 0 Å². The number of hydrogen-bond acceptors (Lipinski definition) is 4. The highest BCUT2D eigenvalue weighted by Gasteiger charge is 2.65. The van der Waals surface area contributed by atoms with E-state index >= 15 is 0 Å². The standard InChI is InChI=1S/C13H18O4/c1-4-10(14)15-6-7-9-5-8-12(16-9)11(7)17-13(8,2)3/h4,7-9,11-12H,1,5-6H2,2-3H3. The zero-order chi connectivity index (χ0) is 12.2. The summed E-state index contributed by atoms with van der Waals surface area (Å²) in [6, 6.07) is 0. The maximum Gasteiger partial charge on any atom is 0.330 e. The molecule has 5 atom stereocenters. The van der Waals surface area contributed by atoms with Crippen molar-refractivity contribution in [3.8, 4) is 0 Å². The van der Waals surface area contributed by atoms with Crippen LogP contribution in [0.3, 0.4) is 0 Å². The Hall–Kier alpha value is -0.870. The molecule has 17 heavy (non-hydrogen) atoms. The fourth-order valence-electron chi connectivity index (χ4n) is 3.49. The molecule has 0 aromatic heterocycles. The smallest absolute Gasteiger partial charge is 0.330 e. The first-order valence-corrected chi connectivity index (χ1v) is 6.15. The van der Waals surface area contributed by atoms with Crippen LogP contribution in [0.25, 0.3) is 0 Å². The summed E-state index contributed by atoms with van der Waals surface area (Å²) in [5.74, 6) is 0.298. The van der Waals surface area contributed by atoms with Gasteiger partial charge in [-0.1, -0.05) is 6.58 Å². The van der Waals surface area contributed by atoms with Gasteiger partial charge in [0.1, 0.15) is 0 Å². The minimum atomic E-state index is -0.374. The molecule has 3 rings (SSSR count). The van der Waals surface area contributed by atoms with Gasteiger partial charge in [-0.05, 0) is 20.3 Å². The molecular formula is C13H18O4. The second kappa shape index (κ2) is 3.56. The molecule has 3 aliphatic heterocycles. The van der Waals surface area contributed by atoms with Crippen LogP contribution in [0.15, 0.2) is 12.7 Å². The number of carbonyl (C=O) groups excluding carboxylic acids is 1. The van der Waals surface area contributed by atoms with Crippen LogP contribution < -0.4 is 0 Å². The molecule has 0 N–H and O–H groups in total. The Morgan fingerprint density at radius 1 is 1.53 bits per heavy atom. The summed E-state index contributed by atoms with van der Waals surface area (Å²) in [7, 11) is 0. The van der Waals surface area contributed by atoms with Crippen molar-refractivity contribution < 1.29 is 19.0 Å². The van der Waals surface area contributed by atoms with Crippen molar-refractivity contribution in [2.45, 2.75) is 44.2 Å². The Morgan fingerprint density at radius 2 is 2.29 bits per heavy atom. The molecule has 0 aromatic carbocycles. The van der Waals surface area contributed by atoms with Crippen molar-refractivity contribution in [2.75, 3.05) is 6.61 Å². The minimum absolute atomic E-state index is 0.0892. The second-order valence-electron chi connectivity index (χ2n) is 5.67. The van der Waals surface area contributed by atoms with Gasteiger partial charge in [0, 0.05) is 17.9 Å². The Kier molecular flexibility index (Phi) is 2.35. The number of fused-ring (bicyclic) bond motifs is 1. The summed E-state index contributed by atoms with van der Waals surface area (Å²) in [6.07, 6.45) is 2.68. The lowest BCUT2D eigenvalue weighted by Crippen LogP contribution is -2.35. The predicted molar refractivity (Wildman–Crippen MR) is 60.4 cm³/mol. The Balaban J connectivity index is 1.70. The van der Waals surface area contributed by atoms with Crippen molar-refractivity contribution in [3.05, 3.63) is 12.7 Å². The van der Waals surface area contributed by atoms with E-state index in [9.17, 15) is 4.79 Å². The van der Waals surface area contributed by atoms with Crippen LogP contribution in [-0.2, 0) is 19.0 Å². The lowest BCUT2D eigenvalue weighted by molar-refractivity contribution is -0.141. The summed E-state index contributed by atoms with van der Waals surface area (Å²) in [5.41, 5.74) is -0.110. The lowest BCUT2D eigenvalue weighted by atomic mass is 9.77. The van der Waals surface area contributed by atoms with Crippen LogP contribution in [-0.4, -0.2) is 36.5 Å². The average molecular weight is 238 g/mol. The highest BCUT2D eigenvalue weighted by molar-refractivity contribution is 5.81. The van der Waals surface area contributed by atoms with E-state index in [4.69, 9.17) is 14.2 Å². The van der Waals surface area contributed by atoms with Crippen molar-refractivity contribution >= 4 is 5.97 Å². The Morgan fingerprint density at radius 3 is 3.00 bits per heavy atom. The van der Waals surface area contributed by atoms with Crippen molar-refractivity contribution in [3.63, 3.8) is 0 Å². The van der Waals surface area contributed by atoms with Gasteiger partial charge in [-0.25, -0.2) is 4.79 Å². The second-order valence-corrected chi connectivity index (χ2v) is 5.67. The molecular weight excluding hydrogens is 220 g/mol. The van der Waals surface area contributed by atoms with Gasteiger partial charge in [0.25, 0.3) is 0 Å². The van der Waals surface area contributed by atoms with Gasteiger partial charge in [-0.3, -0.25) is 0 Å². The lowest BCUT2D eigenvalue weighted by Gasteiger charge is -2.23. The third-order valence-electron chi connectivity index (χ3n) is 4.36. The van der Waals surface area contributed by atoms with Crippen molar-refractivity contribution in [2.24, 2.45) is 11.8 Å². The first kappa shape index (κ1) is 11.2. The maximum absolute atomic E-state index is 11.1. The summed E-state index contributed by atoms with van der Waals surface area (Å²) < 4.78 is 17.1. The summed E-state index contributed by atoms with van der Waals surface area (Å²) >= 11 is 0. The number of carbonyl (C=O) groups is 1. The van der Waals surface area contributed by atoms with E-state index in [1.165, 1.54) is 6.08 Å². The van der Waals surface area contributed by atoms with E-state index in [-0.39, 0.29) is 35.8 Å². The minimum Gasteiger partial charge on any atom is -0.462 e. The Labute approximate surface area is 101 Å². The normalized spacial score (nSPS) is 44.9. The predicted octanol–water partition coefficient (Wildman–Crippen LogP) is 1.30. The quantitative estimate of drug-likeness (QED) is 0.549. The molecule has 3 aliphatic rings. The summed E-state index contributed by atoms with van der Waals surface area (Å²) in [6.45, 7) is 8.00. The molecule has 0 radical (unpaired) electrons. The highest BCUT2D eigenvalue weighted by atomic mass is 16.6. The molecule has 4 nitrogen and oxygen atoms in total. The highest BCUT2D eigenvalue weighted by Crippen LogP contribution is 2.55. The van der Waals surface area contributed by atoms with Crippen LogP contribution in [0.5, 0.6) is 0 Å². The van der Waals surface area contributed by atoms with Gasteiger partial charge >= 0.3 is 5.97 Å². The Bertz CT molecular complexity index is 362. The SMILES string of the molecule is C=CC(=O)OCC1C2CC3C(O2)C1OC3(C)C. The molecule has 94 valence electrons. The maximum atomic E-state index is 11.1. The van der Waals surface area contributed by atoms with Crippen molar-refractivity contribution in [1.82, 2.24) is 0 Å². The van der Waals surface area contributed by atoms with Crippen LogP contribution in [0.1, 0.15) is 20.3 Å². The zero-order valence-corrected chi connectivity index (χ0v) is 10.2. The third kappa shape index (κ3) is 1.54. The first-order valence-electron chi connectivity index (χ1n) is 6.15. The van der Waals surface area contributed by atoms with Gasteiger partial charge in [0.2, 0.25) is 0 Å². The fourth-order valence-corrected chi connectivity index (χ4v) is 3.49. The number of ether oxygens (including phenoxy) is 3. The fraction of sp³-hybridized carbons (Fsp3) is 0.769. The molecule has 3 saturated heterocycles. The third-order valence-corrected chi connectivity index (χ3v) is 4.36. The largest absolute Gasteiger partial charge is 0.462 e. The molecule has 0 aromatic rings. The molecule has 0 amide bonds. The zero-order valence-electron chi connectivity index (χ0n) is 10.2. The topological polar surface area (TPSA) is 44.8 Å². The molecule has 2 bridgehead atoms. The van der Waals surface area contributed by atoms with Crippen LogP contribution in [0.2, 0.25) is 0 Å².